The molecule has 0 aromatic heterocycles. The van der Waals surface area contributed by atoms with Crippen LogP contribution in [0.1, 0.15) is 23.2 Å². The highest BCUT2D eigenvalue weighted by Gasteiger charge is 2.27. The third kappa shape index (κ3) is 4.85. The maximum absolute atomic E-state index is 12.4. The van der Waals surface area contributed by atoms with Crippen molar-refractivity contribution in [2.45, 2.75) is 12.8 Å². The van der Waals surface area contributed by atoms with Crippen LogP contribution >= 0.6 is 0 Å². The highest BCUT2D eigenvalue weighted by Crippen LogP contribution is 2.19. The molecule has 5 nitrogen and oxygen atoms in total. The van der Waals surface area contributed by atoms with Crippen LogP contribution in [0.5, 0.6) is 5.75 Å². The molecule has 1 aliphatic heterocycles. The molecule has 3 rings (SSSR count). The molecule has 5 heteroatoms. The summed E-state index contributed by atoms with van der Waals surface area (Å²) >= 11 is 0. The van der Waals surface area contributed by atoms with Gasteiger partial charge in [-0.1, -0.05) is 36.4 Å². The zero-order valence-corrected chi connectivity index (χ0v) is 14.8. The lowest BCUT2D eigenvalue weighted by molar-refractivity contribution is -0.126. The van der Waals surface area contributed by atoms with Crippen molar-refractivity contribution in [3.05, 3.63) is 66.2 Å². The van der Waals surface area contributed by atoms with Gasteiger partial charge in [0.15, 0.2) is 0 Å². The predicted octanol–water partition coefficient (Wildman–Crippen LogP) is 2.73. The van der Waals surface area contributed by atoms with E-state index in [-0.39, 0.29) is 17.7 Å². The first-order valence-corrected chi connectivity index (χ1v) is 9.04. The SMILES string of the molecule is O=C(NCCOc1ccccc1)C1CCN(C(=O)c2ccccc2)CC1. The largest absolute Gasteiger partial charge is 0.492 e. The molecule has 2 amide bonds. The second-order valence-electron chi connectivity index (χ2n) is 6.39. The lowest BCUT2D eigenvalue weighted by Gasteiger charge is -2.31. The van der Waals surface area contributed by atoms with E-state index >= 15 is 0 Å². The number of likely N-dealkylation sites (tertiary alicyclic amines) is 1. The maximum Gasteiger partial charge on any atom is 0.253 e. The Labute approximate surface area is 154 Å². The first-order valence-electron chi connectivity index (χ1n) is 9.04. The third-order valence-electron chi connectivity index (χ3n) is 4.59. The number of para-hydroxylation sites is 1. The molecule has 1 aliphatic rings. The number of ether oxygens (including phenoxy) is 1. The van der Waals surface area contributed by atoms with Gasteiger partial charge in [-0.05, 0) is 37.1 Å². The molecule has 26 heavy (non-hydrogen) atoms. The highest BCUT2D eigenvalue weighted by molar-refractivity contribution is 5.94. The molecule has 1 N–H and O–H groups in total. The Balaban J connectivity index is 1.37. The molecule has 1 heterocycles. The summed E-state index contributed by atoms with van der Waals surface area (Å²) in [5.41, 5.74) is 0.702. The Kier molecular flexibility index (Phi) is 6.25. The molecule has 0 aliphatic carbocycles. The van der Waals surface area contributed by atoms with E-state index in [9.17, 15) is 9.59 Å². The molecule has 0 atom stereocenters. The van der Waals surface area contributed by atoms with Crippen molar-refractivity contribution in [1.29, 1.82) is 0 Å². The number of amides is 2. The number of piperidine rings is 1. The van der Waals surface area contributed by atoms with Crippen LogP contribution in [0.4, 0.5) is 0 Å². The molecule has 0 bridgehead atoms. The smallest absolute Gasteiger partial charge is 0.253 e. The Morgan fingerprint density at radius 1 is 0.962 bits per heavy atom. The second kappa shape index (κ2) is 9.04. The summed E-state index contributed by atoms with van der Waals surface area (Å²) in [6.45, 7) is 2.16. The summed E-state index contributed by atoms with van der Waals surface area (Å²) in [7, 11) is 0. The quantitative estimate of drug-likeness (QED) is 0.813. The number of nitrogens with zero attached hydrogens (tertiary/aromatic N) is 1. The topological polar surface area (TPSA) is 58.6 Å². The van der Waals surface area contributed by atoms with E-state index in [1.807, 2.05) is 65.6 Å². The Morgan fingerprint density at radius 3 is 2.23 bits per heavy atom. The van der Waals surface area contributed by atoms with Gasteiger partial charge in [0, 0.05) is 24.6 Å². The fourth-order valence-electron chi connectivity index (χ4n) is 3.11. The average Bonchev–Trinajstić information content (AvgIpc) is 2.72. The predicted molar refractivity (Wildman–Crippen MR) is 100 cm³/mol. The molecule has 0 radical (unpaired) electrons. The molecule has 0 spiro atoms. The Morgan fingerprint density at radius 2 is 1.58 bits per heavy atom. The average molecular weight is 352 g/mol. The molecular weight excluding hydrogens is 328 g/mol. The highest BCUT2D eigenvalue weighted by atomic mass is 16.5. The summed E-state index contributed by atoms with van der Waals surface area (Å²) in [5, 5.41) is 2.93. The van der Waals surface area contributed by atoms with Crippen molar-refractivity contribution >= 4 is 11.8 Å². The van der Waals surface area contributed by atoms with Crippen LogP contribution in [-0.2, 0) is 4.79 Å². The normalized spacial score (nSPS) is 14.7. The molecule has 2 aromatic rings. The van der Waals surface area contributed by atoms with Crippen molar-refractivity contribution in [3.8, 4) is 5.75 Å². The van der Waals surface area contributed by atoms with E-state index in [0.717, 1.165) is 5.75 Å². The first-order chi connectivity index (χ1) is 12.7. The molecular formula is C21H24N2O3. The van der Waals surface area contributed by atoms with Gasteiger partial charge < -0.3 is 15.0 Å². The number of hydrogen-bond donors (Lipinski definition) is 1. The van der Waals surface area contributed by atoms with Crippen molar-refractivity contribution in [1.82, 2.24) is 10.2 Å². The molecule has 136 valence electrons. The van der Waals surface area contributed by atoms with Crippen LogP contribution in [0.25, 0.3) is 0 Å². The molecule has 1 fully saturated rings. The van der Waals surface area contributed by atoms with Crippen molar-refractivity contribution in [2.75, 3.05) is 26.2 Å². The molecule has 2 aromatic carbocycles. The number of hydrogen-bond acceptors (Lipinski definition) is 3. The van der Waals surface area contributed by atoms with Crippen LogP contribution in [0.15, 0.2) is 60.7 Å². The van der Waals surface area contributed by atoms with Crippen LogP contribution in [0.3, 0.4) is 0 Å². The fourth-order valence-corrected chi connectivity index (χ4v) is 3.11. The fraction of sp³-hybridized carbons (Fsp3) is 0.333. The summed E-state index contributed by atoms with van der Waals surface area (Å²) in [6, 6.07) is 18.8. The van der Waals surface area contributed by atoms with Gasteiger partial charge in [0.25, 0.3) is 5.91 Å². The minimum atomic E-state index is -0.0356. The zero-order chi connectivity index (χ0) is 18.2. The van der Waals surface area contributed by atoms with Crippen molar-refractivity contribution < 1.29 is 14.3 Å². The third-order valence-corrected chi connectivity index (χ3v) is 4.59. The van der Waals surface area contributed by atoms with Crippen LogP contribution in [-0.4, -0.2) is 43.0 Å². The van der Waals surface area contributed by atoms with Crippen molar-refractivity contribution in [2.24, 2.45) is 5.92 Å². The lowest BCUT2D eigenvalue weighted by Crippen LogP contribution is -2.43. The van der Waals surface area contributed by atoms with E-state index in [1.165, 1.54) is 0 Å². The Hall–Kier alpha value is -2.82. The summed E-state index contributed by atoms with van der Waals surface area (Å²) < 4.78 is 5.57. The van der Waals surface area contributed by atoms with Gasteiger partial charge in [0.1, 0.15) is 12.4 Å². The van der Waals surface area contributed by atoms with Gasteiger partial charge in [-0.25, -0.2) is 0 Å². The Bertz CT molecular complexity index is 711. The summed E-state index contributed by atoms with van der Waals surface area (Å²) in [6.07, 6.45) is 1.40. The van der Waals surface area contributed by atoms with E-state index in [0.29, 0.717) is 44.6 Å². The van der Waals surface area contributed by atoms with Crippen LogP contribution in [0, 0.1) is 5.92 Å². The van der Waals surface area contributed by atoms with Gasteiger partial charge >= 0.3 is 0 Å². The van der Waals surface area contributed by atoms with Gasteiger partial charge in [-0.3, -0.25) is 9.59 Å². The minimum Gasteiger partial charge on any atom is -0.492 e. The van der Waals surface area contributed by atoms with E-state index in [2.05, 4.69) is 5.32 Å². The number of nitrogens with one attached hydrogen (secondary N) is 1. The van der Waals surface area contributed by atoms with Gasteiger partial charge in [-0.2, -0.15) is 0 Å². The van der Waals surface area contributed by atoms with Crippen LogP contribution in [0.2, 0.25) is 0 Å². The number of benzene rings is 2. The molecule has 0 unspecified atom stereocenters. The monoisotopic (exact) mass is 352 g/mol. The van der Waals surface area contributed by atoms with E-state index < -0.39 is 0 Å². The number of carbonyl (C=O) groups is 2. The first kappa shape index (κ1) is 18.0. The number of rotatable bonds is 6. The molecule has 0 saturated carbocycles. The summed E-state index contributed by atoms with van der Waals surface area (Å²) in [4.78, 5) is 26.5. The number of carbonyl (C=O) groups excluding carboxylic acids is 2. The van der Waals surface area contributed by atoms with Gasteiger partial charge in [-0.15, -0.1) is 0 Å². The maximum atomic E-state index is 12.4. The van der Waals surface area contributed by atoms with Gasteiger partial charge in [0.05, 0.1) is 6.54 Å². The van der Waals surface area contributed by atoms with E-state index in [4.69, 9.17) is 4.74 Å². The lowest BCUT2D eigenvalue weighted by atomic mass is 9.95. The van der Waals surface area contributed by atoms with E-state index in [1.54, 1.807) is 0 Å². The summed E-state index contributed by atoms with van der Waals surface area (Å²) in [5.74, 6) is 0.857. The molecule has 1 saturated heterocycles. The minimum absolute atomic E-state index is 0.0356. The standard InChI is InChI=1S/C21H24N2O3/c24-20(22-13-16-26-19-9-5-2-6-10-19)17-11-14-23(15-12-17)21(25)18-7-3-1-4-8-18/h1-10,17H,11-16H2,(H,22,24). The van der Waals surface area contributed by atoms with Gasteiger partial charge in [0.2, 0.25) is 5.91 Å². The zero-order valence-electron chi connectivity index (χ0n) is 14.8. The second-order valence-corrected chi connectivity index (χ2v) is 6.39. The van der Waals surface area contributed by atoms with Crippen LogP contribution < -0.4 is 10.1 Å². The van der Waals surface area contributed by atoms with Crippen molar-refractivity contribution in [3.63, 3.8) is 0 Å².